The third-order valence-corrected chi connectivity index (χ3v) is 4.72. The Morgan fingerprint density at radius 3 is 2.54 bits per heavy atom. The number of amides is 1. The lowest BCUT2D eigenvalue weighted by atomic mass is 10.1. The second kappa shape index (κ2) is 9.08. The summed E-state index contributed by atoms with van der Waals surface area (Å²) < 4.78 is 5.36. The maximum absolute atomic E-state index is 12.0. The predicted molar refractivity (Wildman–Crippen MR) is 107 cm³/mol. The monoisotopic (exact) mass is 390 g/mol. The topological polar surface area (TPSA) is 41.6 Å². The molecule has 1 heterocycles. The van der Waals surface area contributed by atoms with Crippen molar-refractivity contribution in [3.05, 3.63) is 70.2 Å². The molecule has 0 saturated carbocycles. The molecule has 0 aromatic heterocycles. The van der Waals surface area contributed by atoms with Crippen LogP contribution in [0.1, 0.15) is 5.56 Å². The van der Waals surface area contributed by atoms with Crippen LogP contribution in [0.5, 0.6) is 0 Å². The Bertz CT molecular complexity index is 785. The first-order valence-corrected chi connectivity index (χ1v) is 9.21. The van der Waals surface area contributed by atoms with Crippen LogP contribution in [0.25, 0.3) is 0 Å². The number of rotatable bonds is 5. The summed E-state index contributed by atoms with van der Waals surface area (Å²) in [6.07, 6.45) is 3.87. The quantitative estimate of drug-likeness (QED) is 0.760. The number of halogens is 2. The fourth-order valence-corrected chi connectivity index (χ4v) is 3.23. The smallest absolute Gasteiger partial charge is 0.248 e. The number of allylic oxidation sites excluding steroid dienone is 1. The van der Waals surface area contributed by atoms with E-state index in [1.54, 1.807) is 18.2 Å². The minimum Gasteiger partial charge on any atom is -0.378 e. The van der Waals surface area contributed by atoms with Gasteiger partial charge in [0.25, 0.3) is 0 Å². The molecule has 0 bridgehead atoms. The lowest BCUT2D eigenvalue weighted by Gasteiger charge is -2.28. The van der Waals surface area contributed by atoms with Gasteiger partial charge in [-0.25, -0.2) is 0 Å². The molecule has 2 aromatic carbocycles. The van der Waals surface area contributed by atoms with E-state index in [4.69, 9.17) is 27.9 Å². The highest BCUT2D eigenvalue weighted by Gasteiger charge is 2.10. The minimum atomic E-state index is -0.172. The van der Waals surface area contributed by atoms with Gasteiger partial charge < -0.3 is 15.0 Å². The van der Waals surface area contributed by atoms with Gasteiger partial charge >= 0.3 is 0 Å². The van der Waals surface area contributed by atoms with Gasteiger partial charge in [0, 0.05) is 34.5 Å². The number of hydrogen-bond acceptors (Lipinski definition) is 3. The zero-order chi connectivity index (χ0) is 18.4. The van der Waals surface area contributed by atoms with Gasteiger partial charge in [-0.3, -0.25) is 4.79 Å². The number of anilines is 2. The Morgan fingerprint density at radius 2 is 1.85 bits per heavy atom. The molecule has 1 aliphatic rings. The van der Waals surface area contributed by atoms with E-state index in [2.05, 4.69) is 10.2 Å². The summed E-state index contributed by atoms with van der Waals surface area (Å²) in [5, 5.41) is 4.06. The van der Waals surface area contributed by atoms with E-state index >= 15 is 0 Å². The maximum Gasteiger partial charge on any atom is 0.248 e. The third-order valence-electron chi connectivity index (χ3n) is 4.13. The van der Waals surface area contributed by atoms with Crippen LogP contribution in [-0.2, 0) is 16.0 Å². The highest BCUT2D eigenvalue weighted by atomic mass is 35.5. The molecule has 4 nitrogen and oxygen atoms in total. The number of morpholine rings is 1. The molecule has 1 N–H and O–H groups in total. The van der Waals surface area contributed by atoms with E-state index in [1.807, 2.05) is 30.3 Å². The Kier molecular flexibility index (Phi) is 6.56. The molecule has 1 aliphatic heterocycles. The normalized spacial score (nSPS) is 14.6. The van der Waals surface area contributed by atoms with Crippen LogP contribution >= 0.6 is 23.2 Å². The molecule has 0 radical (unpaired) electrons. The number of carbonyl (C=O) groups excluding carboxylic acids is 1. The summed E-state index contributed by atoms with van der Waals surface area (Å²) >= 11 is 12.0. The fourth-order valence-electron chi connectivity index (χ4n) is 2.74. The number of nitrogens with one attached hydrogen (secondary N) is 1. The molecule has 0 atom stereocenters. The van der Waals surface area contributed by atoms with Crippen molar-refractivity contribution in [2.45, 2.75) is 6.42 Å². The van der Waals surface area contributed by atoms with Crippen molar-refractivity contribution in [2.75, 3.05) is 36.5 Å². The van der Waals surface area contributed by atoms with E-state index in [0.29, 0.717) is 16.5 Å². The summed E-state index contributed by atoms with van der Waals surface area (Å²) in [4.78, 5) is 14.3. The molecule has 0 unspecified atom stereocenters. The van der Waals surface area contributed by atoms with Gasteiger partial charge in [0.2, 0.25) is 5.91 Å². The lowest BCUT2D eigenvalue weighted by molar-refractivity contribution is -0.111. The Balaban J connectivity index is 1.52. The van der Waals surface area contributed by atoms with Crippen molar-refractivity contribution >= 4 is 40.5 Å². The first-order valence-electron chi connectivity index (χ1n) is 8.46. The average molecular weight is 391 g/mol. The number of nitrogens with zero attached hydrogens (tertiary/aromatic N) is 1. The first kappa shape index (κ1) is 18.8. The van der Waals surface area contributed by atoms with Crippen LogP contribution in [0.2, 0.25) is 10.0 Å². The third kappa shape index (κ3) is 5.24. The SMILES string of the molecule is O=C(/C=C/Cc1ccc(Cl)cc1Cl)Nc1ccc(N2CCOCC2)cc1. The fraction of sp³-hybridized carbons (Fsp3) is 0.250. The molecule has 0 spiro atoms. The molecular weight excluding hydrogens is 371 g/mol. The molecule has 0 aliphatic carbocycles. The zero-order valence-electron chi connectivity index (χ0n) is 14.3. The highest BCUT2D eigenvalue weighted by molar-refractivity contribution is 6.35. The van der Waals surface area contributed by atoms with E-state index < -0.39 is 0 Å². The van der Waals surface area contributed by atoms with Crippen LogP contribution in [0.15, 0.2) is 54.6 Å². The highest BCUT2D eigenvalue weighted by Crippen LogP contribution is 2.22. The molecule has 1 fully saturated rings. The summed E-state index contributed by atoms with van der Waals surface area (Å²) in [6.45, 7) is 3.28. The van der Waals surface area contributed by atoms with E-state index in [9.17, 15) is 4.79 Å². The number of ether oxygens (including phenoxy) is 1. The molecule has 1 saturated heterocycles. The number of benzene rings is 2. The van der Waals surface area contributed by atoms with Crippen molar-refractivity contribution in [3.63, 3.8) is 0 Å². The Morgan fingerprint density at radius 1 is 1.12 bits per heavy atom. The van der Waals surface area contributed by atoms with Crippen LogP contribution in [0.4, 0.5) is 11.4 Å². The van der Waals surface area contributed by atoms with E-state index in [-0.39, 0.29) is 5.91 Å². The van der Waals surface area contributed by atoms with Gasteiger partial charge in [-0.1, -0.05) is 35.3 Å². The average Bonchev–Trinajstić information content (AvgIpc) is 2.65. The maximum atomic E-state index is 12.0. The zero-order valence-corrected chi connectivity index (χ0v) is 15.8. The second-order valence-electron chi connectivity index (χ2n) is 5.98. The molecule has 136 valence electrons. The summed E-state index contributed by atoms with van der Waals surface area (Å²) in [5.74, 6) is -0.172. The van der Waals surface area contributed by atoms with Gasteiger partial charge in [0.15, 0.2) is 0 Å². The van der Waals surface area contributed by atoms with Crippen LogP contribution in [0, 0.1) is 0 Å². The second-order valence-corrected chi connectivity index (χ2v) is 6.82. The van der Waals surface area contributed by atoms with Crippen LogP contribution in [0.3, 0.4) is 0 Å². The van der Waals surface area contributed by atoms with E-state index in [0.717, 1.165) is 43.2 Å². The molecular formula is C20H20Cl2N2O2. The first-order chi connectivity index (χ1) is 12.6. The van der Waals surface area contributed by atoms with Crippen molar-refractivity contribution in [1.82, 2.24) is 0 Å². The van der Waals surface area contributed by atoms with Gasteiger partial charge in [0.1, 0.15) is 0 Å². The van der Waals surface area contributed by atoms with Crippen LogP contribution in [-0.4, -0.2) is 32.2 Å². The van der Waals surface area contributed by atoms with Crippen LogP contribution < -0.4 is 10.2 Å². The number of carbonyl (C=O) groups is 1. The largest absolute Gasteiger partial charge is 0.378 e. The van der Waals surface area contributed by atoms with Crippen molar-refractivity contribution < 1.29 is 9.53 Å². The standard InChI is InChI=1S/C20H20Cl2N2O2/c21-16-5-4-15(19(22)14-16)2-1-3-20(25)23-17-6-8-18(9-7-17)24-10-12-26-13-11-24/h1,3-9,14H,2,10-13H2,(H,23,25)/b3-1+. The van der Waals surface area contributed by atoms with E-state index in [1.165, 1.54) is 6.08 Å². The van der Waals surface area contributed by atoms with Gasteiger partial charge in [0.05, 0.1) is 13.2 Å². The van der Waals surface area contributed by atoms with Gasteiger partial charge in [-0.15, -0.1) is 0 Å². The van der Waals surface area contributed by atoms with Crippen molar-refractivity contribution in [3.8, 4) is 0 Å². The molecule has 1 amide bonds. The lowest BCUT2D eigenvalue weighted by Crippen LogP contribution is -2.36. The van der Waals surface area contributed by atoms with Crippen molar-refractivity contribution in [1.29, 1.82) is 0 Å². The Hall–Kier alpha value is -2.01. The minimum absolute atomic E-state index is 0.172. The summed E-state index contributed by atoms with van der Waals surface area (Å²) in [7, 11) is 0. The Labute approximate surface area is 163 Å². The molecule has 2 aromatic rings. The predicted octanol–water partition coefficient (Wildman–Crippen LogP) is 4.57. The van der Waals surface area contributed by atoms with Gasteiger partial charge in [-0.05, 0) is 54.5 Å². The number of hydrogen-bond donors (Lipinski definition) is 1. The molecule has 26 heavy (non-hydrogen) atoms. The van der Waals surface area contributed by atoms with Crippen molar-refractivity contribution in [2.24, 2.45) is 0 Å². The summed E-state index contributed by atoms with van der Waals surface area (Å²) in [5.41, 5.74) is 2.83. The molecule has 6 heteroatoms. The van der Waals surface area contributed by atoms with Gasteiger partial charge in [-0.2, -0.15) is 0 Å². The molecule has 3 rings (SSSR count). The summed E-state index contributed by atoms with van der Waals surface area (Å²) in [6, 6.07) is 13.2.